The second kappa shape index (κ2) is 11.3. The summed E-state index contributed by atoms with van der Waals surface area (Å²) in [5, 5.41) is 11.6. The summed E-state index contributed by atoms with van der Waals surface area (Å²) in [6, 6.07) is 18.6. The Kier molecular flexibility index (Phi) is 7.90. The lowest BCUT2D eigenvalue weighted by molar-refractivity contribution is -0.132. The predicted molar refractivity (Wildman–Crippen MR) is 147 cm³/mol. The largest absolute Gasteiger partial charge is 0.507 e. The first-order valence-electron chi connectivity index (χ1n) is 12.3. The van der Waals surface area contributed by atoms with Crippen LogP contribution in [0.15, 0.2) is 72.3 Å². The number of hydrogen-bond acceptors (Lipinski definition) is 7. The fraction of sp³-hybridized carbons (Fsp3) is 0.267. The highest BCUT2D eigenvalue weighted by Crippen LogP contribution is 2.46. The average Bonchev–Trinajstić information content (AvgIpc) is 3.21. The topological polar surface area (TPSA) is 88.5 Å². The van der Waals surface area contributed by atoms with Crippen LogP contribution in [-0.4, -0.2) is 51.7 Å². The van der Waals surface area contributed by atoms with Gasteiger partial charge in [-0.1, -0.05) is 31.2 Å². The normalized spacial score (nSPS) is 16.4. The maximum Gasteiger partial charge on any atom is 0.300 e. The van der Waals surface area contributed by atoms with Crippen molar-refractivity contribution in [2.24, 2.45) is 0 Å². The van der Waals surface area contributed by atoms with Crippen molar-refractivity contribution >= 4 is 28.8 Å². The van der Waals surface area contributed by atoms with Gasteiger partial charge in [0.1, 0.15) is 23.0 Å². The number of nitrogens with zero attached hydrogens (tertiary/aromatic N) is 2. The molecule has 1 unspecified atom stereocenters. The Hall–Kier alpha value is -4.46. The van der Waals surface area contributed by atoms with Crippen molar-refractivity contribution in [1.29, 1.82) is 0 Å². The van der Waals surface area contributed by atoms with Gasteiger partial charge in [0, 0.05) is 25.8 Å². The van der Waals surface area contributed by atoms with E-state index in [4.69, 9.17) is 14.2 Å². The Morgan fingerprint density at radius 3 is 2.29 bits per heavy atom. The Morgan fingerprint density at radius 2 is 1.66 bits per heavy atom. The first kappa shape index (κ1) is 26.6. The monoisotopic (exact) mass is 516 g/mol. The number of aliphatic hydroxyl groups is 1. The second-order valence-electron chi connectivity index (χ2n) is 9.04. The predicted octanol–water partition coefficient (Wildman–Crippen LogP) is 5.18. The van der Waals surface area contributed by atoms with Gasteiger partial charge in [-0.15, -0.1) is 0 Å². The quantitative estimate of drug-likeness (QED) is 0.238. The number of Topliss-reactive ketones (excluding diaryl/α,β-unsaturated/α-hetero) is 1. The molecule has 4 rings (SSSR count). The van der Waals surface area contributed by atoms with Crippen LogP contribution in [0.5, 0.6) is 17.2 Å². The molecule has 0 spiro atoms. The van der Waals surface area contributed by atoms with Crippen LogP contribution < -0.4 is 24.0 Å². The fourth-order valence-electron chi connectivity index (χ4n) is 4.48. The third-order valence-electron chi connectivity index (χ3n) is 6.42. The highest BCUT2D eigenvalue weighted by atomic mass is 16.5. The standard InChI is InChI=1S/C30H32N2O6/c1-6-17-38-24-10-8-7-9-23(24)32-27(19-11-13-20(14-12-19)31(2)3)26(29(34)30(32)35)28(33)22-16-15-21(36-4)18-25(22)37-5/h7-16,18,27,33H,6,17H2,1-5H3/b28-26-. The number of ketones is 1. The van der Waals surface area contributed by atoms with E-state index >= 15 is 0 Å². The molecule has 1 amide bonds. The molecule has 1 atom stereocenters. The third-order valence-corrected chi connectivity index (χ3v) is 6.42. The summed E-state index contributed by atoms with van der Waals surface area (Å²) < 4.78 is 16.7. The van der Waals surface area contributed by atoms with Crippen molar-refractivity contribution in [3.05, 3.63) is 83.4 Å². The lowest BCUT2D eigenvalue weighted by atomic mass is 9.94. The van der Waals surface area contributed by atoms with Crippen LogP contribution in [0.2, 0.25) is 0 Å². The van der Waals surface area contributed by atoms with E-state index in [0.717, 1.165) is 12.1 Å². The molecule has 1 aliphatic heterocycles. The summed E-state index contributed by atoms with van der Waals surface area (Å²) in [5.41, 5.74) is 2.30. The number of rotatable bonds is 9. The zero-order valence-electron chi connectivity index (χ0n) is 22.2. The lowest BCUT2D eigenvalue weighted by Gasteiger charge is -2.27. The van der Waals surface area contributed by atoms with E-state index in [1.165, 1.54) is 19.1 Å². The van der Waals surface area contributed by atoms with Gasteiger partial charge in [0.15, 0.2) is 0 Å². The molecule has 1 fully saturated rings. The van der Waals surface area contributed by atoms with Gasteiger partial charge in [-0.05, 0) is 48.4 Å². The maximum absolute atomic E-state index is 13.6. The molecule has 0 aliphatic carbocycles. The van der Waals surface area contributed by atoms with E-state index in [1.54, 1.807) is 36.4 Å². The minimum absolute atomic E-state index is 0.0404. The van der Waals surface area contributed by atoms with Crippen molar-refractivity contribution in [1.82, 2.24) is 0 Å². The summed E-state index contributed by atoms with van der Waals surface area (Å²) in [6.07, 6.45) is 0.778. The highest BCUT2D eigenvalue weighted by molar-refractivity contribution is 6.52. The minimum atomic E-state index is -0.899. The third kappa shape index (κ3) is 4.89. The first-order valence-corrected chi connectivity index (χ1v) is 12.3. The number of carbonyl (C=O) groups excluding carboxylic acids is 2. The van der Waals surface area contributed by atoms with Gasteiger partial charge in [-0.3, -0.25) is 14.5 Å². The second-order valence-corrected chi connectivity index (χ2v) is 9.04. The molecule has 3 aromatic rings. The summed E-state index contributed by atoms with van der Waals surface area (Å²) in [7, 11) is 6.84. The number of para-hydroxylation sites is 2. The number of benzene rings is 3. The summed E-state index contributed by atoms with van der Waals surface area (Å²) >= 11 is 0. The van der Waals surface area contributed by atoms with Gasteiger partial charge in [-0.2, -0.15) is 0 Å². The number of hydrogen-bond donors (Lipinski definition) is 1. The summed E-state index contributed by atoms with van der Waals surface area (Å²) in [5.74, 6) is -0.578. The molecule has 0 aromatic heterocycles. The summed E-state index contributed by atoms with van der Waals surface area (Å²) in [6.45, 7) is 2.44. The number of ether oxygens (including phenoxy) is 3. The van der Waals surface area contributed by atoms with E-state index in [1.807, 2.05) is 56.3 Å². The van der Waals surface area contributed by atoms with Crippen LogP contribution in [0.25, 0.3) is 5.76 Å². The Labute approximate surface area is 222 Å². The van der Waals surface area contributed by atoms with Crippen molar-refractivity contribution in [3.8, 4) is 17.2 Å². The number of carbonyl (C=O) groups is 2. The molecular formula is C30H32N2O6. The number of anilines is 2. The van der Waals surface area contributed by atoms with E-state index < -0.39 is 17.7 Å². The SMILES string of the molecule is CCCOc1ccccc1N1C(=O)C(=O)/C(=C(\O)c2ccc(OC)cc2OC)C1c1ccc(N(C)C)cc1. The van der Waals surface area contributed by atoms with Crippen LogP contribution in [0.3, 0.4) is 0 Å². The molecule has 38 heavy (non-hydrogen) atoms. The van der Waals surface area contributed by atoms with Gasteiger partial charge < -0.3 is 24.2 Å². The number of aliphatic hydroxyl groups excluding tert-OH is 1. The van der Waals surface area contributed by atoms with Crippen LogP contribution in [-0.2, 0) is 9.59 Å². The summed E-state index contributed by atoms with van der Waals surface area (Å²) in [4.78, 5) is 30.6. The van der Waals surface area contributed by atoms with E-state index in [9.17, 15) is 14.7 Å². The zero-order valence-corrected chi connectivity index (χ0v) is 22.2. The average molecular weight is 517 g/mol. The van der Waals surface area contributed by atoms with Crippen molar-refractivity contribution in [2.45, 2.75) is 19.4 Å². The molecule has 1 N–H and O–H groups in total. The molecule has 8 heteroatoms. The van der Waals surface area contributed by atoms with Gasteiger partial charge in [0.05, 0.1) is 43.7 Å². The lowest BCUT2D eigenvalue weighted by Crippen LogP contribution is -2.30. The molecule has 1 heterocycles. The number of amides is 1. The molecule has 0 radical (unpaired) electrons. The van der Waals surface area contributed by atoms with Crippen LogP contribution in [0.1, 0.15) is 30.5 Å². The van der Waals surface area contributed by atoms with E-state index in [0.29, 0.717) is 35.1 Å². The van der Waals surface area contributed by atoms with Crippen molar-refractivity contribution < 1.29 is 28.9 Å². The van der Waals surface area contributed by atoms with Crippen LogP contribution >= 0.6 is 0 Å². The molecule has 8 nitrogen and oxygen atoms in total. The molecular weight excluding hydrogens is 484 g/mol. The van der Waals surface area contributed by atoms with Crippen molar-refractivity contribution in [3.63, 3.8) is 0 Å². The minimum Gasteiger partial charge on any atom is -0.507 e. The highest BCUT2D eigenvalue weighted by Gasteiger charge is 2.48. The maximum atomic E-state index is 13.6. The molecule has 0 bridgehead atoms. The fourth-order valence-corrected chi connectivity index (χ4v) is 4.48. The Balaban J connectivity index is 1.95. The molecule has 1 aliphatic rings. The Bertz CT molecular complexity index is 1360. The van der Waals surface area contributed by atoms with E-state index in [-0.39, 0.29) is 16.9 Å². The van der Waals surface area contributed by atoms with Crippen LogP contribution in [0.4, 0.5) is 11.4 Å². The van der Waals surface area contributed by atoms with Gasteiger partial charge >= 0.3 is 0 Å². The first-order chi connectivity index (χ1) is 18.3. The van der Waals surface area contributed by atoms with E-state index in [2.05, 4.69) is 0 Å². The van der Waals surface area contributed by atoms with Crippen LogP contribution in [0, 0.1) is 0 Å². The van der Waals surface area contributed by atoms with Crippen molar-refractivity contribution in [2.75, 3.05) is 44.7 Å². The molecule has 3 aromatic carbocycles. The van der Waals surface area contributed by atoms with Gasteiger partial charge in [0.2, 0.25) is 0 Å². The molecule has 198 valence electrons. The zero-order chi connectivity index (χ0) is 27.4. The molecule has 1 saturated heterocycles. The smallest absolute Gasteiger partial charge is 0.300 e. The molecule has 0 saturated carbocycles. The van der Waals surface area contributed by atoms with Gasteiger partial charge in [-0.25, -0.2) is 0 Å². The number of methoxy groups -OCH3 is 2. The van der Waals surface area contributed by atoms with Gasteiger partial charge in [0.25, 0.3) is 11.7 Å². The Morgan fingerprint density at radius 1 is 0.947 bits per heavy atom.